The molecule has 0 fully saturated rings. The molecule has 2 aromatic heterocycles. The number of aromatic nitrogens is 3. The quantitative estimate of drug-likeness (QED) is 0.645. The summed E-state index contributed by atoms with van der Waals surface area (Å²) in [6, 6.07) is 10.3. The highest BCUT2D eigenvalue weighted by Crippen LogP contribution is 2.18. The third-order valence-corrected chi connectivity index (χ3v) is 2.96. The molecular weight excluding hydrogens is 313 g/mol. The maximum atomic E-state index is 4.45. The highest BCUT2D eigenvalue weighted by Gasteiger charge is 2.03. The van der Waals surface area contributed by atoms with Gasteiger partial charge in [0, 0.05) is 6.20 Å². The zero-order chi connectivity index (χ0) is 11.0. The fourth-order valence-corrected chi connectivity index (χ4v) is 2.14. The number of para-hydroxylation sites is 1. The molecule has 3 rings (SSSR count). The first-order valence-electron chi connectivity index (χ1n) is 4.88. The monoisotopic (exact) mass is 321 g/mol. The van der Waals surface area contributed by atoms with Crippen LogP contribution in [-0.4, -0.2) is 14.5 Å². The molecule has 0 radical (unpaired) electrons. The van der Waals surface area contributed by atoms with E-state index in [2.05, 4.69) is 50.8 Å². The third-order valence-electron chi connectivity index (χ3n) is 2.44. The van der Waals surface area contributed by atoms with Gasteiger partial charge in [-0.1, -0.05) is 18.2 Å². The van der Waals surface area contributed by atoms with Gasteiger partial charge in [-0.15, -0.1) is 0 Å². The summed E-state index contributed by atoms with van der Waals surface area (Å²) in [4.78, 5) is 8.61. The van der Waals surface area contributed by atoms with E-state index in [1.807, 2.05) is 22.9 Å². The first-order valence-corrected chi connectivity index (χ1v) is 5.96. The second kappa shape index (κ2) is 3.86. The Morgan fingerprint density at radius 3 is 2.81 bits per heavy atom. The first kappa shape index (κ1) is 9.77. The molecule has 0 N–H and O–H groups in total. The predicted molar refractivity (Wildman–Crippen MR) is 71.6 cm³/mol. The summed E-state index contributed by atoms with van der Waals surface area (Å²) in [6.45, 7) is 0. The summed E-state index contributed by atoms with van der Waals surface area (Å²) in [6.07, 6.45) is 5.54. The van der Waals surface area contributed by atoms with Crippen LogP contribution < -0.4 is 0 Å². The molecule has 0 unspecified atom stereocenters. The number of rotatable bonds is 1. The number of hydrogen-bond acceptors (Lipinski definition) is 2. The van der Waals surface area contributed by atoms with Crippen LogP contribution in [0.25, 0.3) is 16.7 Å². The number of halogens is 1. The topological polar surface area (TPSA) is 30.7 Å². The molecule has 4 heteroatoms. The van der Waals surface area contributed by atoms with Crippen LogP contribution in [0.2, 0.25) is 0 Å². The Morgan fingerprint density at radius 1 is 1.06 bits per heavy atom. The molecule has 0 amide bonds. The molecule has 3 aromatic rings. The van der Waals surface area contributed by atoms with Crippen molar-refractivity contribution in [2.24, 2.45) is 0 Å². The van der Waals surface area contributed by atoms with E-state index in [-0.39, 0.29) is 0 Å². The van der Waals surface area contributed by atoms with Crippen LogP contribution in [0.15, 0.2) is 48.9 Å². The van der Waals surface area contributed by atoms with Gasteiger partial charge >= 0.3 is 0 Å². The van der Waals surface area contributed by atoms with Crippen LogP contribution in [0.4, 0.5) is 0 Å². The molecule has 0 saturated carbocycles. The number of hydrogen-bond donors (Lipinski definition) is 0. The van der Waals surface area contributed by atoms with Crippen LogP contribution in [0.5, 0.6) is 0 Å². The number of nitrogens with zero attached hydrogens (tertiary/aromatic N) is 3. The van der Waals surface area contributed by atoms with Gasteiger partial charge in [0.15, 0.2) is 5.82 Å². The van der Waals surface area contributed by atoms with Crippen LogP contribution in [0, 0.1) is 3.70 Å². The summed E-state index contributed by atoms with van der Waals surface area (Å²) in [7, 11) is 0. The molecule has 0 atom stereocenters. The average molecular weight is 321 g/mol. The van der Waals surface area contributed by atoms with Crippen molar-refractivity contribution in [2.75, 3.05) is 0 Å². The molecule has 0 aliphatic rings. The normalized spacial score (nSPS) is 10.8. The number of fused-ring (bicyclic) bond motifs is 1. The molecule has 16 heavy (non-hydrogen) atoms. The lowest BCUT2D eigenvalue weighted by atomic mass is 10.2. The lowest BCUT2D eigenvalue weighted by Gasteiger charge is -2.03. The van der Waals surface area contributed by atoms with Crippen molar-refractivity contribution in [2.45, 2.75) is 0 Å². The Hall–Kier alpha value is -1.43. The van der Waals surface area contributed by atoms with Gasteiger partial charge in [-0.25, -0.2) is 4.98 Å². The van der Waals surface area contributed by atoms with Gasteiger partial charge < -0.3 is 0 Å². The van der Waals surface area contributed by atoms with Crippen molar-refractivity contribution >= 4 is 33.5 Å². The van der Waals surface area contributed by atoms with Crippen molar-refractivity contribution in [3.8, 4) is 5.82 Å². The van der Waals surface area contributed by atoms with Gasteiger partial charge in [-0.05, 0) is 40.1 Å². The summed E-state index contributed by atoms with van der Waals surface area (Å²) in [5.41, 5.74) is 1.15. The summed E-state index contributed by atoms with van der Waals surface area (Å²) in [5.74, 6) is 0.855. The van der Waals surface area contributed by atoms with Crippen molar-refractivity contribution in [1.29, 1.82) is 0 Å². The average Bonchev–Trinajstić information content (AvgIpc) is 2.72. The van der Waals surface area contributed by atoms with Gasteiger partial charge in [-0.3, -0.25) is 9.55 Å². The maximum Gasteiger partial charge on any atom is 0.156 e. The fourth-order valence-electron chi connectivity index (χ4n) is 1.73. The fraction of sp³-hybridized carbons (Fsp3) is 0. The van der Waals surface area contributed by atoms with Crippen molar-refractivity contribution in [1.82, 2.24) is 14.5 Å². The molecule has 0 bridgehead atoms. The largest absolute Gasteiger partial charge is 0.300 e. The minimum atomic E-state index is 0.855. The maximum absolute atomic E-state index is 4.45. The van der Waals surface area contributed by atoms with Gasteiger partial charge in [0.05, 0.1) is 17.9 Å². The van der Waals surface area contributed by atoms with Gasteiger partial charge in [0.1, 0.15) is 3.70 Å². The molecule has 3 nitrogen and oxygen atoms in total. The summed E-state index contributed by atoms with van der Waals surface area (Å²) in [5, 5.41) is 1.21. The van der Waals surface area contributed by atoms with E-state index in [4.69, 9.17) is 0 Å². The van der Waals surface area contributed by atoms with E-state index in [9.17, 15) is 0 Å². The molecule has 2 heterocycles. The van der Waals surface area contributed by atoms with Crippen molar-refractivity contribution in [3.63, 3.8) is 0 Å². The van der Waals surface area contributed by atoms with Crippen LogP contribution in [0.1, 0.15) is 0 Å². The SMILES string of the molecule is Ic1cncc(-n2ccc3ccccc32)n1. The minimum absolute atomic E-state index is 0.855. The summed E-state index contributed by atoms with van der Waals surface area (Å²) >= 11 is 2.17. The zero-order valence-electron chi connectivity index (χ0n) is 8.34. The smallest absolute Gasteiger partial charge is 0.156 e. The van der Waals surface area contributed by atoms with Gasteiger partial charge in [0.25, 0.3) is 0 Å². The molecule has 0 aliphatic heterocycles. The van der Waals surface area contributed by atoms with E-state index in [1.165, 1.54) is 5.39 Å². The van der Waals surface area contributed by atoms with Crippen LogP contribution in [-0.2, 0) is 0 Å². The Bertz CT molecular complexity index is 645. The van der Waals surface area contributed by atoms with Crippen molar-refractivity contribution in [3.05, 3.63) is 52.6 Å². The van der Waals surface area contributed by atoms with E-state index in [0.29, 0.717) is 0 Å². The Morgan fingerprint density at radius 2 is 1.94 bits per heavy atom. The highest BCUT2D eigenvalue weighted by molar-refractivity contribution is 14.1. The molecule has 78 valence electrons. The Labute approximate surface area is 106 Å². The minimum Gasteiger partial charge on any atom is -0.300 e. The Balaban J connectivity index is 2.26. The van der Waals surface area contributed by atoms with Crippen LogP contribution in [0.3, 0.4) is 0 Å². The standard InChI is InChI=1S/C12H8IN3/c13-11-7-14-8-12(15-11)16-6-5-9-3-1-2-4-10(9)16/h1-8H. The first-order chi connectivity index (χ1) is 7.84. The van der Waals surface area contributed by atoms with E-state index < -0.39 is 0 Å². The summed E-state index contributed by atoms with van der Waals surface area (Å²) < 4.78 is 2.94. The molecule has 0 saturated heterocycles. The predicted octanol–water partition coefficient (Wildman–Crippen LogP) is 3.03. The molecular formula is C12H8IN3. The molecule has 0 spiro atoms. The number of benzene rings is 1. The van der Waals surface area contributed by atoms with Gasteiger partial charge in [-0.2, -0.15) is 0 Å². The molecule has 0 aliphatic carbocycles. The van der Waals surface area contributed by atoms with E-state index in [0.717, 1.165) is 15.0 Å². The highest BCUT2D eigenvalue weighted by atomic mass is 127. The third kappa shape index (κ3) is 1.59. The molecule has 1 aromatic carbocycles. The van der Waals surface area contributed by atoms with Crippen LogP contribution >= 0.6 is 22.6 Å². The van der Waals surface area contributed by atoms with Gasteiger partial charge in [0.2, 0.25) is 0 Å². The lowest BCUT2D eigenvalue weighted by molar-refractivity contribution is 0.997. The zero-order valence-corrected chi connectivity index (χ0v) is 10.5. The van der Waals surface area contributed by atoms with E-state index >= 15 is 0 Å². The second-order valence-corrected chi connectivity index (χ2v) is 4.55. The lowest BCUT2D eigenvalue weighted by Crippen LogP contribution is -1.97. The Kier molecular flexibility index (Phi) is 2.36. The van der Waals surface area contributed by atoms with Crippen molar-refractivity contribution < 1.29 is 0 Å². The van der Waals surface area contributed by atoms with E-state index in [1.54, 1.807) is 12.4 Å². The second-order valence-electron chi connectivity index (χ2n) is 3.44.